The van der Waals surface area contributed by atoms with Crippen LogP contribution in [0, 0.1) is 0 Å². The van der Waals surface area contributed by atoms with Crippen molar-refractivity contribution in [3.63, 3.8) is 0 Å². The van der Waals surface area contributed by atoms with Crippen molar-refractivity contribution in [3.05, 3.63) is 58.7 Å². The van der Waals surface area contributed by atoms with Crippen molar-refractivity contribution in [2.45, 2.75) is 43.8 Å². The summed E-state index contributed by atoms with van der Waals surface area (Å²) < 4.78 is 5.35. The molecule has 3 aromatic rings. The second-order valence-corrected chi connectivity index (χ2v) is 7.06. The monoisotopic (exact) mass is 350 g/mol. The predicted octanol–water partition coefficient (Wildman–Crippen LogP) is 2.39. The summed E-state index contributed by atoms with van der Waals surface area (Å²) in [6.07, 6.45) is 6.89. The lowest BCUT2D eigenvalue weighted by atomic mass is 9.97. The molecule has 26 heavy (non-hydrogen) atoms. The molecule has 2 aliphatic rings. The van der Waals surface area contributed by atoms with E-state index >= 15 is 0 Å². The Balaban J connectivity index is 1.47. The van der Waals surface area contributed by atoms with Crippen molar-refractivity contribution < 1.29 is 9.21 Å². The van der Waals surface area contributed by atoms with Crippen LogP contribution in [-0.4, -0.2) is 37.9 Å². The normalized spacial score (nSPS) is 24.9. The Morgan fingerprint density at radius 2 is 1.73 bits per heavy atom. The number of piperidine rings is 1. The number of amides is 1. The van der Waals surface area contributed by atoms with E-state index in [2.05, 4.69) is 10.2 Å². The van der Waals surface area contributed by atoms with Gasteiger partial charge in [0.2, 0.25) is 0 Å². The molecule has 2 bridgehead atoms. The average molecular weight is 350 g/mol. The molecule has 0 saturated carbocycles. The standard InChI is InChI=1S/C19H18N4O3/c24-18(16-9-12-3-1-2-4-17(12)26-19(16)25)22-13-5-6-14(22)11-15(10-13)23-20-7-8-21-23/h1-4,7-9,13-15H,5-6,10-11H2. The zero-order valence-electron chi connectivity index (χ0n) is 14.1. The van der Waals surface area contributed by atoms with Crippen LogP contribution < -0.4 is 5.63 Å². The molecular formula is C19H18N4O3. The highest BCUT2D eigenvalue weighted by atomic mass is 16.4. The Morgan fingerprint density at radius 1 is 1.04 bits per heavy atom. The second kappa shape index (κ2) is 5.79. The van der Waals surface area contributed by atoms with Crippen molar-refractivity contribution in [2.24, 2.45) is 0 Å². The van der Waals surface area contributed by atoms with Gasteiger partial charge < -0.3 is 9.32 Å². The Hall–Kier alpha value is -2.96. The maximum Gasteiger partial charge on any atom is 0.349 e. The van der Waals surface area contributed by atoms with E-state index in [0.29, 0.717) is 5.58 Å². The number of hydrogen-bond donors (Lipinski definition) is 0. The van der Waals surface area contributed by atoms with E-state index in [1.165, 1.54) is 0 Å². The topological polar surface area (TPSA) is 81.2 Å². The van der Waals surface area contributed by atoms with Crippen molar-refractivity contribution in [2.75, 3.05) is 0 Å². The predicted molar refractivity (Wildman–Crippen MR) is 93.8 cm³/mol. The van der Waals surface area contributed by atoms with Gasteiger partial charge in [-0.15, -0.1) is 0 Å². The van der Waals surface area contributed by atoms with Crippen molar-refractivity contribution in [1.29, 1.82) is 0 Å². The number of fused-ring (bicyclic) bond motifs is 3. The molecule has 132 valence electrons. The highest BCUT2D eigenvalue weighted by molar-refractivity contribution is 5.97. The average Bonchev–Trinajstić information content (AvgIpc) is 3.27. The van der Waals surface area contributed by atoms with Gasteiger partial charge in [0.05, 0.1) is 18.4 Å². The molecule has 2 unspecified atom stereocenters. The van der Waals surface area contributed by atoms with Gasteiger partial charge in [0.15, 0.2) is 0 Å². The van der Waals surface area contributed by atoms with Gasteiger partial charge in [0.1, 0.15) is 11.1 Å². The molecule has 1 amide bonds. The Kier molecular flexibility index (Phi) is 3.41. The van der Waals surface area contributed by atoms with Crippen molar-refractivity contribution in [1.82, 2.24) is 19.9 Å². The van der Waals surface area contributed by atoms with Gasteiger partial charge in [0, 0.05) is 17.5 Å². The first kappa shape index (κ1) is 15.3. The first-order valence-electron chi connectivity index (χ1n) is 8.92. The summed E-state index contributed by atoms with van der Waals surface area (Å²) in [5.41, 5.74) is 0.0562. The third-order valence-corrected chi connectivity index (χ3v) is 5.58. The largest absolute Gasteiger partial charge is 0.422 e. The van der Waals surface area contributed by atoms with Crippen molar-refractivity contribution in [3.8, 4) is 0 Å². The quantitative estimate of drug-likeness (QED) is 0.663. The Bertz CT molecular complexity index is 1010. The summed E-state index contributed by atoms with van der Waals surface area (Å²) in [4.78, 5) is 29.1. The van der Waals surface area contributed by atoms with E-state index < -0.39 is 5.63 Å². The molecule has 7 heteroatoms. The molecule has 2 aromatic heterocycles. The number of carbonyl (C=O) groups excluding carboxylic acids is 1. The maximum absolute atomic E-state index is 13.1. The summed E-state index contributed by atoms with van der Waals surface area (Å²) in [6.45, 7) is 0. The van der Waals surface area contributed by atoms with E-state index in [4.69, 9.17) is 4.42 Å². The van der Waals surface area contributed by atoms with Crippen LogP contribution in [0.15, 0.2) is 51.9 Å². The lowest BCUT2D eigenvalue weighted by molar-refractivity contribution is 0.0508. The summed E-state index contributed by atoms with van der Waals surface area (Å²) in [7, 11) is 0. The van der Waals surface area contributed by atoms with Gasteiger partial charge >= 0.3 is 5.63 Å². The van der Waals surface area contributed by atoms with Crippen LogP contribution in [0.3, 0.4) is 0 Å². The Morgan fingerprint density at radius 3 is 2.46 bits per heavy atom. The Labute approximate surface area is 149 Å². The van der Waals surface area contributed by atoms with E-state index in [0.717, 1.165) is 31.1 Å². The number of hydrogen-bond acceptors (Lipinski definition) is 5. The minimum absolute atomic E-state index is 0.114. The van der Waals surface area contributed by atoms with E-state index in [1.807, 2.05) is 17.0 Å². The number of para-hydroxylation sites is 1. The molecule has 2 atom stereocenters. The molecule has 2 fully saturated rings. The molecule has 5 rings (SSSR count). The van der Waals surface area contributed by atoms with E-state index in [-0.39, 0.29) is 29.6 Å². The molecule has 0 N–H and O–H groups in total. The summed E-state index contributed by atoms with van der Waals surface area (Å²) in [6, 6.07) is 9.34. The number of rotatable bonds is 2. The smallest absolute Gasteiger partial charge is 0.349 e. The number of carbonyl (C=O) groups is 1. The number of benzene rings is 1. The third kappa shape index (κ3) is 2.34. The van der Waals surface area contributed by atoms with Gasteiger partial charge in [-0.1, -0.05) is 18.2 Å². The van der Waals surface area contributed by atoms with Crippen LogP contribution in [0.4, 0.5) is 0 Å². The van der Waals surface area contributed by atoms with Crippen LogP contribution in [0.2, 0.25) is 0 Å². The maximum atomic E-state index is 13.1. The highest BCUT2D eigenvalue weighted by Gasteiger charge is 2.45. The van der Waals surface area contributed by atoms with Gasteiger partial charge in [-0.2, -0.15) is 15.0 Å². The zero-order chi connectivity index (χ0) is 17.7. The number of nitrogens with zero attached hydrogens (tertiary/aromatic N) is 4. The molecule has 0 radical (unpaired) electrons. The van der Waals surface area contributed by atoms with E-state index in [1.54, 1.807) is 35.4 Å². The third-order valence-electron chi connectivity index (χ3n) is 5.58. The molecule has 0 aliphatic carbocycles. The van der Waals surface area contributed by atoms with Gasteiger partial charge in [-0.25, -0.2) is 4.79 Å². The summed E-state index contributed by atoms with van der Waals surface area (Å²) >= 11 is 0. The zero-order valence-corrected chi connectivity index (χ0v) is 14.1. The van der Waals surface area contributed by atoms with E-state index in [9.17, 15) is 9.59 Å². The minimum Gasteiger partial charge on any atom is -0.422 e. The molecule has 4 heterocycles. The minimum atomic E-state index is -0.566. The fourth-order valence-corrected chi connectivity index (χ4v) is 4.43. The fraction of sp³-hybridized carbons (Fsp3) is 0.368. The van der Waals surface area contributed by atoms with Crippen molar-refractivity contribution >= 4 is 16.9 Å². The highest BCUT2D eigenvalue weighted by Crippen LogP contribution is 2.40. The molecule has 1 aromatic carbocycles. The first-order valence-corrected chi connectivity index (χ1v) is 8.92. The molecule has 2 aliphatic heterocycles. The summed E-state index contributed by atoms with van der Waals surface area (Å²) in [5, 5.41) is 9.26. The van der Waals surface area contributed by atoms with Gasteiger partial charge in [-0.05, 0) is 37.8 Å². The second-order valence-electron chi connectivity index (χ2n) is 7.06. The van der Waals surface area contributed by atoms with Gasteiger partial charge in [0.25, 0.3) is 5.91 Å². The van der Waals surface area contributed by atoms with Gasteiger partial charge in [-0.3, -0.25) is 4.79 Å². The SMILES string of the molecule is O=C(c1cc2ccccc2oc1=O)N1C2CCC1CC(n1nccn1)C2. The lowest BCUT2D eigenvalue weighted by Crippen LogP contribution is -2.48. The van der Waals surface area contributed by atoms with Crippen LogP contribution in [0.25, 0.3) is 11.0 Å². The molecule has 7 nitrogen and oxygen atoms in total. The molecule has 2 saturated heterocycles. The van der Waals surface area contributed by atoms with Crippen LogP contribution in [-0.2, 0) is 0 Å². The number of aromatic nitrogens is 3. The van der Waals surface area contributed by atoms with Crippen LogP contribution in [0.1, 0.15) is 42.1 Å². The summed E-state index contributed by atoms with van der Waals surface area (Å²) in [5.74, 6) is -0.219. The molecule has 0 spiro atoms. The van der Waals surface area contributed by atoms with Crippen LogP contribution in [0.5, 0.6) is 0 Å². The van der Waals surface area contributed by atoms with Crippen LogP contribution >= 0.6 is 0 Å². The molecular weight excluding hydrogens is 332 g/mol. The first-order chi connectivity index (χ1) is 12.7. The fourth-order valence-electron chi connectivity index (χ4n) is 4.43. The lowest BCUT2D eigenvalue weighted by Gasteiger charge is -2.38.